The molecule has 0 bridgehead atoms. The van der Waals surface area contributed by atoms with Crippen molar-refractivity contribution in [2.24, 2.45) is 0 Å². The Bertz CT molecular complexity index is 583. The van der Waals surface area contributed by atoms with Crippen LogP contribution in [0.25, 0.3) is 0 Å². The van der Waals surface area contributed by atoms with E-state index in [4.69, 9.17) is 4.74 Å². The quantitative estimate of drug-likeness (QED) is 0.896. The topological polar surface area (TPSA) is 21.3 Å². The number of halogens is 1. The molecule has 1 N–H and O–H groups in total. The molecule has 1 unspecified atom stereocenters. The molecule has 0 fully saturated rings. The van der Waals surface area contributed by atoms with Gasteiger partial charge in [-0.1, -0.05) is 37.3 Å². The van der Waals surface area contributed by atoms with E-state index >= 15 is 0 Å². The van der Waals surface area contributed by atoms with Gasteiger partial charge in [-0.05, 0) is 42.3 Å². The second-order valence-electron chi connectivity index (χ2n) is 4.71. The minimum Gasteiger partial charge on any atom is -0.494 e. The molecule has 2 aromatic carbocycles. The number of methoxy groups -OCH3 is 1. The minimum atomic E-state index is -0.336. The smallest absolute Gasteiger partial charge is 0.165 e. The maximum absolute atomic E-state index is 13.9. The molecule has 0 aliphatic rings. The maximum Gasteiger partial charge on any atom is 0.165 e. The van der Waals surface area contributed by atoms with Gasteiger partial charge in [0.1, 0.15) is 0 Å². The Morgan fingerprint density at radius 1 is 1.15 bits per heavy atom. The molecule has 0 spiro atoms. The lowest BCUT2D eigenvalue weighted by Crippen LogP contribution is -2.18. The molecule has 2 rings (SSSR count). The molecule has 0 saturated carbocycles. The van der Waals surface area contributed by atoms with Crippen molar-refractivity contribution in [3.63, 3.8) is 0 Å². The number of benzene rings is 2. The van der Waals surface area contributed by atoms with Crippen molar-refractivity contribution in [2.45, 2.75) is 19.4 Å². The number of ether oxygens (including phenoxy) is 1. The van der Waals surface area contributed by atoms with Crippen LogP contribution < -0.4 is 10.1 Å². The summed E-state index contributed by atoms with van der Waals surface area (Å²) in [6, 6.07) is 13.4. The van der Waals surface area contributed by atoms with Crippen molar-refractivity contribution in [1.82, 2.24) is 5.32 Å². The first-order chi connectivity index (χ1) is 9.69. The molecular weight excluding hydrogens is 253 g/mol. The summed E-state index contributed by atoms with van der Waals surface area (Å²) in [5, 5.41) is 3.24. The molecule has 0 heterocycles. The molecule has 1 atom stereocenters. The van der Waals surface area contributed by atoms with Crippen molar-refractivity contribution in [2.75, 3.05) is 14.2 Å². The van der Waals surface area contributed by atoms with E-state index in [1.807, 2.05) is 19.2 Å². The first-order valence-electron chi connectivity index (χ1n) is 6.79. The minimum absolute atomic E-state index is 0.0260. The Hall–Kier alpha value is -1.87. The van der Waals surface area contributed by atoms with Crippen molar-refractivity contribution >= 4 is 0 Å². The van der Waals surface area contributed by atoms with Crippen LogP contribution in [-0.2, 0) is 6.42 Å². The highest BCUT2D eigenvalue weighted by Crippen LogP contribution is 2.26. The Balaban J connectivity index is 2.38. The monoisotopic (exact) mass is 273 g/mol. The summed E-state index contributed by atoms with van der Waals surface area (Å²) in [5.41, 5.74) is 3.30. The van der Waals surface area contributed by atoms with Gasteiger partial charge in [-0.15, -0.1) is 0 Å². The van der Waals surface area contributed by atoms with Gasteiger partial charge in [0.2, 0.25) is 0 Å². The van der Waals surface area contributed by atoms with E-state index in [2.05, 4.69) is 30.4 Å². The zero-order chi connectivity index (χ0) is 14.5. The SMILES string of the molecule is CCc1cccc(C(NC)c2ccc(OC)c(F)c2)c1. The van der Waals surface area contributed by atoms with Crippen LogP contribution in [0.15, 0.2) is 42.5 Å². The third-order valence-corrected chi connectivity index (χ3v) is 3.49. The van der Waals surface area contributed by atoms with E-state index < -0.39 is 0 Å². The molecule has 106 valence electrons. The summed E-state index contributed by atoms with van der Waals surface area (Å²) in [6.07, 6.45) is 0.987. The molecule has 0 saturated heterocycles. The van der Waals surface area contributed by atoms with Gasteiger partial charge >= 0.3 is 0 Å². The molecule has 20 heavy (non-hydrogen) atoms. The summed E-state index contributed by atoms with van der Waals surface area (Å²) in [4.78, 5) is 0. The molecule has 0 aliphatic heterocycles. The molecule has 0 amide bonds. The lowest BCUT2D eigenvalue weighted by atomic mass is 9.96. The first kappa shape index (κ1) is 14.5. The zero-order valence-electron chi connectivity index (χ0n) is 12.1. The van der Waals surface area contributed by atoms with Crippen LogP contribution >= 0.6 is 0 Å². The number of hydrogen-bond acceptors (Lipinski definition) is 2. The summed E-state index contributed by atoms with van der Waals surface area (Å²) in [5.74, 6) is -0.0668. The van der Waals surface area contributed by atoms with Gasteiger partial charge in [-0.2, -0.15) is 0 Å². The second kappa shape index (κ2) is 6.53. The number of nitrogens with one attached hydrogen (secondary N) is 1. The van der Waals surface area contributed by atoms with Crippen molar-refractivity contribution in [1.29, 1.82) is 0 Å². The van der Waals surface area contributed by atoms with Gasteiger partial charge in [-0.25, -0.2) is 4.39 Å². The average Bonchev–Trinajstić information content (AvgIpc) is 2.48. The van der Waals surface area contributed by atoms with Crippen LogP contribution in [0.1, 0.15) is 29.7 Å². The van der Waals surface area contributed by atoms with Gasteiger partial charge in [0, 0.05) is 0 Å². The number of aryl methyl sites for hydroxylation is 1. The van der Waals surface area contributed by atoms with Crippen LogP contribution in [0.4, 0.5) is 4.39 Å². The lowest BCUT2D eigenvalue weighted by Gasteiger charge is -2.18. The van der Waals surface area contributed by atoms with Crippen molar-refractivity contribution in [3.8, 4) is 5.75 Å². The largest absolute Gasteiger partial charge is 0.494 e. The molecule has 0 aliphatic carbocycles. The van der Waals surface area contributed by atoms with Crippen LogP contribution in [-0.4, -0.2) is 14.2 Å². The fourth-order valence-electron chi connectivity index (χ4n) is 2.38. The van der Waals surface area contributed by atoms with Crippen molar-refractivity contribution < 1.29 is 9.13 Å². The molecule has 0 aromatic heterocycles. The van der Waals surface area contributed by atoms with E-state index in [0.717, 1.165) is 17.5 Å². The third-order valence-electron chi connectivity index (χ3n) is 3.49. The molecular formula is C17H20FNO. The zero-order valence-corrected chi connectivity index (χ0v) is 12.1. The van der Waals surface area contributed by atoms with Gasteiger partial charge < -0.3 is 10.1 Å². The number of rotatable bonds is 5. The summed E-state index contributed by atoms with van der Waals surface area (Å²) in [7, 11) is 3.35. The van der Waals surface area contributed by atoms with E-state index in [1.165, 1.54) is 18.7 Å². The third kappa shape index (κ3) is 2.99. The standard InChI is InChI=1S/C17H20FNO/c1-4-12-6-5-7-13(10-12)17(19-2)14-8-9-16(20-3)15(18)11-14/h5-11,17,19H,4H2,1-3H3. The maximum atomic E-state index is 13.9. The van der Waals surface area contributed by atoms with Crippen molar-refractivity contribution in [3.05, 3.63) is 65.0 Å². The Morgan fingerprint density at radius 2 is 1.90 bits per heavy atom. The van der Waals surface area contributed by atoms with Gasteiger partial charge in [-0.3, -0.25) is 0 Å². The predicted molar refractivity (Wildman–Crippen MR) is 79.7 cm³/mol. The molecule has 0 radical (unpaired) electrons. The van der Waals surface area contributed by atoms with Gasteiger partial charge in [0.15, 0.2) is 11.6 Å². The Labute approximate surface area is 119 Å². The predicted octanol–water partition coefficient (Wildman–Crippen LogP) is 3.71. The normalized spacial score (nSPS) is 12.2. The highest BCUT2D eigenvalue weighted by Gasteiger charge is 2.14. The Kier molecular flexibility index (Phi) is 4.74. The second-order valence-corrected chi connectivity index (χ2v) is 4.71. The van der Waals surface area contributed by atoms with E-state index in [0.29, 0.717) is 0 Å². The van der Waals surface area contributed by atoms with Crippen LogP contribution in [0.3, 0.4) is 0 Å². The molecule has 3 heteroatoms. The van der Waals surface area contributed by atoms with Crippen LogP contribution in [0.2, 0.25) is 0 Å². The summed E-state index contributed by atoms with van der Waals surface area (Å²) in [6.45, 7) is 2.13. The van der Waals surface area contributed by atoms with Gasteiger partial charge in [0.05, 0.1) is 13.2 Å². The summed E-state index contributed by atoms with van der Waals surface area (Å²) < 4.78 is 18.8. The average molecular weight is 273 g/mol. The lowest BCUT2D eigenvalue weighted by molar-refractivity contribution is 0.386. The highest BCUT2D eigenvalue weighted by molar-refractivity contribution is 5.37. The van der Waals surface area contributed by atoms with Crippen LogP contribution in [0.5, 0.6) is 5.75 Å². The number of hydrogen-bond donors (Lipinski definition) is 1. The van der Waals surface area contributed by atoms with Crippen LogP contribution in [0, 0.1) is 5.82 Å². The van der Waals surface area contributed by atoms with Gasteiger partial charge in [0.25, 0.3) is 0 Å². The highest BCUT2D eigenvalue weighted by atomic mass is 19.1. The Morgan fingerprint density at radius 3 is 2.50 bits per heavy atom. The van der Waals surface area contributed by atoms with E-state index in [9.17, 15) is 4.39 Å². The molecule has 2 nitrogen and oxygen atoms in total. The van der Waals surface area contributed by atoms with E-state index in [1.54, 1.807) is 6.07 Å². The fourth-order valence-corrected chi connectivity index (χ4v) is 2.38. The van der Waals surface area contributed by atoms with E-state index in [-0.39, 0.29) is 17.6 Å². The molecule has 2 aromatic rings. The summed E-state index contributed by atoms with van der Waals surface area (Å²) >= 11 is 0. The first-order valence-corrected chi connectivity index (χ1v) is 6.79. The fraction of sp³-hybridized carbons (Fsp3) is 0.294.